The highest BCUT2D eigenvalue weighted by atomic mass is 16.6. The molecule has 1 N–H and O–H groups in total. The number of aliphatic hydroxyl groups excluding tert-OH is 1. The molecule has 3 rings (SSSR count). The first-order chi connectivity index (χ1) is 11.8. The van der Waals surface area contributed by atoms with Gasteiger partial charge in [0.15, 0.2) is 0 Å². The molecule has 0 aliphatic carbocycles. The molecule has 0 spiro atoms. The van der Waals surface area contributed by atoms with Crippen molar-refractivity contribution in [3.05, 3.63) is 35.9 Å². The van der Waals surface area contributed by atoms with Crippen LogP contribution in [0, 0.1) is 11.3 Å². The van der Waals surface area contributed by atoms with Gasteiger partial charge in [-0.05, 0) is 38.7 Å². The molecule has 2 fully saturated rings. The third kappa shape index (κ3) is 4.15. The number of amides is 1. The Kier molecular flexibility index (Phi) is 5.07. The molecule has 2 aliphatic rings. The highest BCUT2D eigenvalue weighted by Gasteiger charge is 2.50. The van der Waals surface area contributed by atoms with E-state index in [1.165, 1.54) is 5.56 Å². The van der Waals surface area contributed by atoms with Gasteiger partial charge in [0.25, 0.3) is 0 Å². The van der Waals surface area contributed by atoms with Gasteiger partial charge in [0.1, 0.15) is 5.60 Å². The molecule has 5 heteroatoms. The van der Waals surface area contributed by atoms with Crippen molar-refractivity contribution in [2.45, 2.75) is 39.3 Å². The Balaban J connectivity index is 1.65. The summed E-state index contributed by atoms with van der Waals surface area (Å²) in [5, 5.41) is 10.1. The second-order valence-electron chi connectivity index (χ2n) is 8.55. The number of hydrogen-bond donors (Lipinski definition) is 1. The number of aliphatic hydroxyl groups is 1. The summed E-state index contributed by atoms with van der Waals surface area (Å²) in [5.74, 6) is 0.294. The number of fused-ring (bicyclic) bond motifs is 1. The Morgan fingerprint density at radius 1 is 1.28 bits per heavy atom. The molecule has 1 aromatic rings. The van der Waals surface area contributed by atoms with Crippen molar-refractivity contribution >= 4 is 6.09 Å². The van der Waals surface area contributed by atoms with Crippen molar-refractivity contribution in [1.82, 2.24) is 9.80 Å². The molecule has 2 saturated heterocycles. The molecule has 2 heterocycles. The zero-order valence-electron chi connectivity index (χ0n) is 15.6. The van der Waals surface area contributed by atoms with E-state index < -0.39 is 5.60 Å². The van der Waals surface area contributed by atoms with Crippen LogP contribution in [0.3, 0.4) is 0 Å². The van der Waals surface area contributed by atoms with E-state index in [1.807, 2.05) is 31.7 Å². The average Bonchev–Trinajstić information content (AvgIpc) is 2.91. The first-order valence-corrected chi connectivity index (χ1v) is 9.16. The van der Waals surface area contributed by atoms with Crippen molar-refractivity contribution in [1.29, 1.82) is 0 Å². The van der Waals surface area contributed by atoms with E-state index in [9.17, 15) is 9.90 Å². The van der Waals surface area contributed by atoms with E-state index in [0.29, 0.717) is 19.0 Å². The number of hydrogen-bond acceptors (Lipinski definition) is 4. The maximum absolute atomic E-state index is 12.4. The van der Waals surface area contributed by atoms with Crippen LogP contribution in [0.1, 0.15) is 32.8 Å². The Hall–Kier alpha value is -1.59. The fraction of sp³-hybridized carbons (Fsp3) is 0.650. The molecule has 2 atom stereocenters. The van der Waals surface area contributed by atoms with E-state index in [-0.39, 0.29) is 18.1 Å². The summed E-state index contributed by atoms with van der Waals surface area (Å²) in [5.41, 5.74) is 0.725. The van der Waals surface area contributed by atoms with Gasteiger partial charge in [0.05, 0.1) is 6.61 Å². The molecular weight excluding hydrogens is 316 g/mol. The van der Waals surface area contributed by atoms with E-state index in [4.69, 9.17) is 4.74 Å². The van der Waals surface area contributed by atoms with Crippen LogP contribution in [0.2, 0.25) is 0 Å². The number of carbonyl (C=O) groups excluding carboxylic acids is 1. The van der Waals surface area contributed by atoms with Crippen LogP contribution < -0.4 is 0 Å². The van der Waals surface area contributed by atoms with Crippen LogP contribution in [0.5, 0.6) is 0 Å². The lowest BCUT2D eigenvalue weighted by atomic mass is 9.73. The summed E-state index contributed by atoms with van der Waals surface area (Å²) in [7, 11) is 0. The molecule has 1 aromatic carbocycles. The maximum atomic E-state index is 12.4. The molecule has 138 valence electrons. The second kappa shape index (κ2) is 6.96. The zero-order valence-corrected chi connectivity index (χ0v) is 15.6. The predicted octanol–water partition coefficient (Wildman–Crippen LogP) is 2.74. The van der Waals surface area contributed by atoms with Crippen molar-refractivity contribution < 1.29 is 14.6 Å². The second-order valence-corrected chi connectivity index (χ2v) is 8.55. The van der Waals surface area contributed by atoms with Crippen LogP contribution in [-0.2, 0) is 11.3 Å². The number of ether oxygens (including phenoxy) is 1. The van der Waals surface area contributed by atoms with Crippen molar-refractivity contribution in [2.75, 3.05) is 32.8 Å². The van der Waals surface area contributed by atoms with Gasteiger partial charge < -0.3 is 14.7 Å². The molecule has 0 radical (unpaired) electrons. The highest BCUT2D eigenvalue weighted by Crippen LogP contribution is 2.43. The predicted molar refractivity (Wildman–Crippen MR) is 97.2 cm³/mol. The average molecular weight is 346 g/mol. The molecule has 0 bridgehead atoms. The first kappa shape index (κ1) is 18.2. The van der Waals surface area contributed by atoms with Crippen LogP contribution in [0.25, 0.3) is 0 Å². The minimum absolute atomic E-state index is 0.0900. The molecule has 1 amide bonds. The molecule has 25 heavy (non-hydrogen) atoms. The minimum Gasteiger partial charge on any atom is -0.444 e. The zero-order chi connectivity index (χ0) is 18.1. The molecule has 0 aromatic heterocycles. The summed E-state index contributed by atoms with van der Waals surface area (Å²) in [6.45, 7) is 9.89. The summed E-state index contributed by atoms with van der Waals surface area (Å²) >= 11 is 0. The lowest BCUT2D eigenvalue weighted by Gasteiger charge is -2.42. The quantitative estimate of drug-likeness (QED) is 0.914. The van der Waals surface area contributed by atoms with Gasteiger partial charge in [-0.25, -0.2) is 4.79 Å². The van der Waals surface area contributed by atoms with Crippen LogP contribution in [0.4, 0.5) is 4.79 Å². The van der Waals surface area contributed by atoms with E-state index in [2.05, 4.69) is 29.2 Å². The van der Waals surface area contributed by atoms with Crippen LogP contribution in [0.15, 0.2) is 30.3 Å². The SMILES string of the molecule is CC(C)(C)OC(=O)N1CCC2(CO)CN(Cc3ccccc3)CC2C1. The third-order valence-corrected chi connectivity index (χ3v) is 5.42. The van der Waals surface area contributed by atoms with Gasteiger partial charge in [-0.1, -0.05) is 30.3 Å². The normalized spacial score (nSPS) is 27.2. The molecule has 2 unspecified atom stereocenters. The molecule has 0 saturated carbocycles. The first-order valence-electron chi connectivity index (χ1n) is 9.16. The number of rotatable bonds is 3. The van der Waals surface area contributed by atoms with E-state index >= 15 is 0 Å². The minimum atomic E-state index is -0.475. The summed E-state index contributed by atoms with van der Waals surface area (Å²) in [6, 6.07) is 10.4. The highest BCUT2D eigenvalue weighted by molar-refractivity contribution is 5.68. The van der Waals surface area contributed by atoms with Gasteiger partial charge in [-0.3, -0.25) is 4.90 Å². The monoisotopic (exact) mass is 346 g/mol. The number of nitrogens with zero attached hydrogens (tertiary/aromatic N) is 2. The number of piperidine rings is 1. The molecule has 5 nitrogen and oxygen atoms in total. The van der Waals surface area contributed by atoms with Crippen LogP contribution in [-0.4, -0.2) is 59.4 Å². The largest absolute Gasteiger partial charge is 0.444 e. The Bertz CT molecular complexity index is 599. The standard InChI is InChI=1S/C20H30N2O3/c1-19(2,3)25-18(24)22-10-9-20(15-23)14-21(12-17(20)13-22)11-16-7-5-4-6-8-16/h4-8,17,23H,9-15H2,1-3H3. The third-order valence-electron chi connectivity index (χ3n) is 5.42. The van der Waals surface area contributed by atoms with Crippen molar-refractivity contribution in [3.8, 4) is 0 Å². The van der Waals surface area contributed by atoms with Gasteiger partial charge in [-0.15, -0.1) is 0 Å². The molecule has 2 aliphatic heterocycles. The van der Waals surface area contributed by atoms with Gasteiger partial charge in [0, 0.05) is 38.1 Å². The topological polar surface area (TPSA) is 53.0 Å². The van der Waals surface area contributed by atoms with Gasteiger partial charge >= 0.3 is 6.09 Å². The summed E-state index contributed by atoms with van der Waals surface area (Å²) in [6.07, 6.45) is 0.596. The summed E-state index contributed by atoms with van der Waals surface area (Å²) in [4.78, 5) is 16.6. The van der Waals surface area contributed by atoms with Crippen LogP contribution >= 0.6 is 0 Å². The Labute approximate surface area is 150 Å². The lowest BCUT2D eigenvalue weighted by molar-refractivity contribution is -0.0121. The van der Waals surface area contributed by atoms with Gasteiger partial charge in [0.2, 0.25) is 0 Å². The van der Waals surface area contributed by atoms with Crippen molar-refractivity contribution in [3.63, 3.8) is 0 Å². The Morgan fingerprint density at radius 2 is 2.00 bits per heavy atom. The van der Waals surface area contributed by atoms with E-state index in [1.54, 1.807) is 0 Å². The Morgan fingerprint density at radius 3 is 2.64 bits per heavy atom. The smallest absolute Gasteiger partial charge is 0.410 e. The summed E-state index contributed by atoms with van der Waals surface area (Å²) < 4.78 is 5.53. The lowest BCUT2D eigenvalue weighted by Crippen LogP contribution is -2.51. The number of benzene rings is 1. The van der Waals surface area contributed by atoms with E-state index in [0.717, 1.165) is 26.1 Å². The fourth-order valence-corrected chi connectivity index (χ4v) is 4.11. The van der Waals surface area contributed by atoms with Crippen molar-refractivity contribution in [2.24, 2.45) is 11.3 Å². The fourth-order valence-electron chi connectivity index (χ4n) is 4.11. The molecular formula is C20H30N2O3. The number of carbonyl (C=O) groups is 1. The number of likely N-dealkylation sites (tertiary alicyclic amines) is 2. The maximum Gasteiger partial charge on any atom is 0.410 e. The van der Waals surface area contributed by atoms with Gasteiger partial charge in [-0.2, -0.15) is 0 Å².